The molecular weight excluding hydrogens is 334 g/mol. The van der Waals surface area contributed by atoms with Gasteiger partial charge in [-0.25, -0.2) is 4.79 Å². The molecule has 4 nitrogen and oxygen atoms in total. The molecule has 0 spiro atoms. The van der Waals surface area contributed by atoms with Crippen LogP contribution in [0.15, 0.2) is 48.5 Å². The van der Waals surface area contributed by atoms with Crippen molar-refractivity contribution in [2.45, 2.75) is 5.37 Å². The predicted molar refractivity (Wildman–Crippen MR) is 91.9 cm³/mol. The molecule has 0 N–H and O–H groups in total. The zero-order valence-electron chi connectivity index (χ0n) is 12.4. The minimum absolute atomic E-state index is 0.0550. The molecule has 118 valence electrons. The molecule has 1 saturated heterocycles. The van der Waals surface area contributed by atoms with Gasteiger partial charge in [0.1, 0.15) is 5.37 Å². The maximum absolute atomic E-state index is 12.3. The highest BCUT2D eigenvalue weighted by molar-refractivity contribution is 8.00. The zero-order valence-corrected chi connectivity index (χ0v) is 13.9. The first-order valence-electron chi connectivity index (χ1n) is 6.97. The fraction of sp³-hybridized carbons (Fsp3) is 0.176. The second-order valence-corrected chi connectivity index (χ2v) is 6.52. The lowest BCUT2D eigenvalue weighted by Crippen LogP contribution is -2.27. The van der Waals surface area contributed by atoms with Crippen molar-refractivity contribution in [2.24, 2.45) is 0 Å². The summed E-state index contributed by atoms with van der Waals surface area (Å²) >= 11 is 7.47. The predicted octanol–water partition coefficient (Wildman–Crippen LogP) is 3.91. The van der Waals surface area contributed by atoms with Crippen LogP contribution in [0.5, 0.6) is 0 Å². The number of anilines is 1. The third kappa shape index (κ3) is 3.21. The summed E-state index contributed by atoms with van der Waals surface area (Å²) in [7, 11) is 1.35. The molecule has 3 rings (SSSR count). The zero-order chi connectivity index (χ0) is 16.4. The normalized spacial score (nSPS) is 17.4. The van der Waals surface area contributed by atoms with Gasteiger partial charge in [-0.1, -0.05) is 23.7 Å². The number of hydrogen-bond acceptors (Lipinski definition) is 4. The van der Waals surface area contributed by atoms with Crippen LogP contribution < -0.4 is 4.90 Å². The Morgan fingerprint density at radius 3 is 2.43 bits per heavy atom. The molecule has 1 fully saturated rings. The Morgan fingerprint density at radius 2 is 1.83 bits per heavy atom. The van der Waals surface area contributed by atoms with Crippen LogP contribution in [0.25, 0.3) is 0 Å². The van der Waals surface area contributed by atoms with Crippen LogP contribution in [0.4, 0.5) is 5.69 Å². The molecule has 0 bridgehead atoms. The van der Waals surface area contributed by atoms with E-state index < -0.39 is 0 Å². The van der Waals surface area contributed by atoms with E-state index in [0.717, 1.165) is 11.3 Å². The van der Waals surface area contributed by atoms with E-state index in [9.17, 15) is 9.59 Å². The van der Waals surface area contributed by atoms with Gasteiger partial charge in [-0.2, -0.15) is 0 Å². The Bertz CT molecular complexity index is 731. The quantitative estimate of drug-likeness (QED) is 0.790. The fourth-order valence-corrected chi connectivity index (χ4v) is 3.76. The van der Waals surface area contributed by atoms with Crippen molar-refractivity contribution in [1.29, 1.82) is 0 Å². The number of rotatable bonds is 3. The molecule has 1 amide bonds. The van der Waals surface area contributed by atoms with E-state index in [1.165, 1.54) is 7.11 Å². The minimum atomic E-state index is -0.374. The standard InChI is InChI=1S/C17H14ClNO3S/c1-22-17(21)12-4-2-11(3-5-12)16-19(15(20)10-23-16)14-8-6-13(18)7-9-14/h2-9,16H,10H2,1H3/t16-/m0/s1. The number of benzene rings is 2. The number of ether oxygens (including phenoxy) is 1. The van der Waals surface area contributed by atoms with Crippen LogP contribution in [-0.2, 0) is 9.53 Å². The van der Waals surface area contributed by atoms with Crippen molar-refractivity contribution in [3.8, 4) is 0 Å². The first-order valence-corrected chi connectivity index (χ1v) is 8.40. The van der Waals surface area contributed by atoms with Gasteiger partial charge in [0, 0.05) is 10.7 Å². The molecule has 0 saturated carbocycles. The van der Waals surface area contributed by atoms with Crippen LogP contribution in [0, 0.1) is 0 Å². The lowest BCUT2D eigenvalue weighted by atomic mass is 10.1. The van der Waals surface area contributed by atoms with Gasteiger partial charge in [0.25, 0.3) is 0 Å². The Balaban J connectivity index is 1.90. The van der Waals surface area contributed by atoms with E-state index in [2.05, 4.69) is 0 Å². The molecule has 0 unspecified atom stereocenters. The monoisotopic (exact) mass is 347 g/mol. The largest absolute Gasteiger partial charge is 0.465 e. The van der Waals surface area contributed by atoms with E-state index in [1.54, 1.807) is 40.9 Å². The van der Waals surface area contributed by atoms with E-state index in [4.69, 9.17) is 16.3 Å². The summed E-state index contributed by atoms with van der Waals surface area (Å²) in [5, 5.41) is 0.516. The van der Waals surface area contributed by atoms with Gasteiger partial charge in [0.05, 0.1) is 18.4 Å². The highest BCUT2D eigenvalue weighted by Crippen LogP contribution is 2.41. The fourth-order valence-electron chi connectivity index (χ4n) is 2.45. The molecule has 1 aliphatic rings. The summed E-state index contributed by atoms with van der Waals surface area (Å²) < 4.78 is 4.70. The number of carbonyl (C=O) groups is 2. The highest BCUT2D eigenvalue weighted by atomic mass is 35.5. The molecule has 2 aromatic rings. The van der Waals surface area contributed by atoms with Gasteiger partial charge >= 0.3 is 5.97 Å². The van der Waals surface area contributed by atoms with Gasteiger partial charge in [-0.05, 0) is 42.0 Å². The average Bonchev–Trinajstić information content (AvgIpc) is 2.97. The Morgan fingerprint density at radius 1 is 1.17 bits per heavy atom. The average molecular weight is 348 g/mol. The van der Waals surface area contributed by atoms with Crippen molar-refractivity contribution >= 4 is 40.9 Å². The van der Waals surface area contributed by atoms with Crippen LogP contribution >= 0.6 is 23.4 Å². The van der Waals surface area contributed by atoms with Crippen LogP contribution in [-0.4, -0.2) is 24.7 Å². The molecular formula is C17H14ClNO3S. The lowest BCUT2D eigenvalue weighted by molar-refractivity contribution is -0.115. The Labute approximate surface area is 143 Å². The third-order valence-electron chi connectivity index (χ3n) is 3.59. The van der Waals surface area contributed by atoms with Gasteiger partial charge in [-0.3, -0.25) is 9.69 Å². The number of carbonyl (C=O) groups excluding carboxylic acids is 2. The maximum Gasteiger partial charge on any atom is 0.337 e. The van der Waals surface area contributed by atoms with Gasteiger partial charge in [-0.15, -0.1) is 11.8 Å². The number of methoxy groups -OCH3 is 1. The second kappa shape index (κ2) is 6.64. The second-order valence-electron chi connectivity index (χ2n) is 5.02. The van der Waals surface area contributed by atoms with Crippen LogP contribution in [0.2, 0.25) is 5.02 Å². The van der Waals surface area contributed by atoms with E-state index in [-0.39, 0.29) is 17.3 Å². The number of nitrogens with zero attached hydrogens (tertiary/aromatic N) is 1. The maximum atomic E-state index is 12.3. The lowest BCUT2D eigenvalue weighted by Gasteiger charge is -2.24. The van der Waals surface area contributed by atoms with E-state index >= 15 is 0 Å². The molecule has 1 heterocycles. The first-order chi connectivity index (χ1) is 11.1. The SMILES string of the molecule is COC(=O)c1ccc([C@@H]2SCC(=O)N2c2ccc(Cl)cc2)cc1. The van der Waals surface area contributed by atoms with Crippen molar-refractivity contribution in [3.05, 3.63) is 64.7 Å². The van der Waals surface area contributed by atoms with Gasteiger partial charge in [0.15, 0.2) is 0 Å². The number of hydrogen-bond donors (Lipinski definition) is 0. The van der Waals surface area contributed by atoms with E-state index in [0.29, 0.717) is 16.3 Å². The summed E-state index contributed by atoms with van der Waals surface area (Å²) in [6.07, 6.45) is 0. The van der Waals surface area contributed by atoms with Gasteiger partial charge < -0.3 is 4.74 Å². The number of thioether (sulfide) groups is 1. The molecule has 2 aromatic carbocycles. The summed E-state index contributed by atoms with van der Waals surface area (Å²) in [6, 6.07) is 14.3. The number of esters is 1. The van der Waals surface area contributed by atoms with Crippen molar-refractivity contribution in [2.75, 3.05) is 17.8 Å². The van der Waals surface area contributed by atoms with Crippen molar-refractivity contribution < 1.29 is 14.3 Å². The number of amides is 1. The summed E-state index contributed by atoms with van der Waals surface area (Å²) in [6.45, 7) is 0. The Kier molecular flexibility index (Phi) is 4.59. The first kappa shape index (κ1) is 15.9. The minimum Gasteiger partial charge on any atom is -0.465 e. The number of halogens is 1. The smallest absolute Gasteiger partial charge is 0.337 e. The highest BCUT2D eigenvalue weighted by Gasteiger charge is 2.34. The molecule has 1 atom stereocenters. The van der Waals surface area contributed by atoms with E-state index in [1.807, 2.05) is 24.3 Å². The molecule has 6 heteroatoms. The van der Waals surface area contributed by atoms with Crippen molar-refractivity contribution in [3.63, 3.8) is 0 Å². The Hall–Kier alpha value is -1.98. The molecule has 23 heavy (non-hydrogen) atoms. The molecule has 0 radical (unpaired) electrons. The van der Waals surface area contributed by atoms with Crippen molar-refractivity contribution in [1.82, 2.24) is 0 Å². The summed E-state index contributed by atoms with van der Waals surface area (Å²) in [4.78, 5) is 25.5. The third-order valence-corrected chi connectivity index (χ3v) is 5.05. The topological polar surface area (TPSA) is 46.6 Å². The van der Waals surface area contributed by atoms with Crippen LogP contribution in [0.3, 0.4) is 0 Å². The molecule has 0 aromatic heterocycles. The molecule has 1 aliphatic heterocycles. The van der Waals surface area contributed by atoms with Crippen LogP contribution in [0.1, 0.15) is 21.3 Å². The summed E-state index contributed by atoms with van der Waals surface area (Å²) in [5.41, 5.74) is 2.26. The molecule has 0 aliphatic carbocycles. The van der Waals surface area contributed by atoms with Gasteiger partial charge in [0.2, 0.25) is 5.91 Å². The summed E-state index contributed by atoms with van der Waals surface area (Å²) in [5.74, 6) is 0.104.